The van der Waals surface area contributed by atoms with Crippen LogP contribution in [0, 0.1) is 0 Å². The van der Waals surface area contributed by atoms with Crippen LogP contribution in [0.3, 0.4) is 0 Å². The van der Waals surface area contributed by atoms with Gasteiger partial charge in [-0.05, 0) is 50.2 Å². The van der Waals surface area contributed by atoms with Crippen molar-refractivity contribution in [3.05, 3.63) is 71.2 Å². The van der Waals surface area contributed by atoms with Gasteiger partial charge in [-0.25, -0.2) is 4.98 Å². The lowest BCUT2D eigenvalue weighted by molar-refractivity contribution is -0.137. The van der Waals surface area contributed by atoms with Crippen LogP contribution >= 0.6 is 0 Å². The van der Waals surface area contributed by atoms with Crippen molar-refractivity contribution in [2.75, 3.05) is 32.7 Å². The van der Waals surface area contributed by atoms with E-state index in [0.29, 0.717) is 49.8 Å². The average molecular weight is 567 g/mol. The molecule has 2 aliphatic heterocycles. The highest BCUT2D eigenvalue weighted by molar-refractivity contribution is 5.74. The van der Waals surface area contributed by atoms with Crippen LogP contribution in [-0.2, 0) is 30.5 Å². The second-order valence-corrected chi connectivity index (χ2v) is 11.1. The van der Waals surface area contributed by atoms with Gasteiger partial charge in [-0.2, -0.15) is 18.3 Å². The van der Waals surface area contributed by atoms with E-state index in [2.05, 4.69) is 9.88 Å². The zero-order valence-corrected chi connectivity index (χ0v) is 22.6. The molecule has 2 aliphatic rings. The van der Waals surface area contributed by atoms with Crippen molar-refractivity contribution >= 4 is 17.3 Å². The molecule has 0 saturated carbocycles. The zero-order valence-electron chi connectivity index (χ0n) is 22.6. The third kappa shape index (κ3) is 5.93. The highest BCUT2D eigenvalue weighted by atomic mass is 19.4. The Morgan fingerprint density at radius 3 is 2.49 bits per heavy atom. The number of β-amino-alcohol motifs (C(OH)–C–C–N with tert-alkyl or cyclic N) is 1. The maximum Gasteiger partial charge on any atom is 0.416 e. The molecule has 8 nitrogen and oxygen atoms in total. The predicted molar refractivity (Wildman–Crippen MR) is 148 cm³/mol. The number of aromatic amines is 1. The number of hydrogen-bond acceptors (Lipinski definition) is 6. The van der Waals surface area contributed by atoms with Crippen molar-refractivity contribution in [3.8, 4) is 11.3 Å². The number of nitrogens with one attached hydrogen (secondary N) is 1. The molecule has 0 aliphatic carbocycles. The fourth-order valence-corrected chi connectivity index (χ4v) is 6.12. The van der Waals surface area contributed by atoms with Crippen LogP contribution in [0.4, 0.5) is 13.2 Å². The van der Waals surface area contributed by atoms with Gasteiger partial charge in [0, 0.05) is 48.8 Å². The number of nitrogens with zero attached hydrogens (tertiary/aromatic N) is 5. The number of hydrogen-bond donors (Lipinski definition) is 2. The number of aromatic nitrogens is 4. The van der Waals surface area contributed by atoms with E-state index in [9.17, 15) is 23.1 Å². The van der Waals surface area contributed by atoms with Crippen LogP contribution in [0.5, 0.6) is 0 Å². The van der Waals surface area contributed by atoms with E-state index in [1.54, 1.807) is 0 Å². The van der Waals surface area contributed by atoms with Gasteiger partial charge in [-0.15, -0.1) is 0 Å². The Morgan fingerprint density at radius 1 is 1.02 bits per heavy atom. The molecule has 11 heteroatoms. The summed E-state index contributed by atoms with van der Waals surface area (Å²) in [5.74, 6) is 1.38. The smallest absolute Gasteiger partial charge is 0.390 e. The first-order chi connectivity index (χ1) is 19.8. The molecule has 0 amide bonds. The molecule has 4 aromatic rings. The SMILES string of the molecule is O=CCN1CCc2c(c(-c3ccc(C(F)(F)F)cc3)nn2CC(O)CN2CCC(c3nc4ccccc4[nH]3)CC2)C1. The zero-order chi connectivity index (χ0) is 28.6. The highest BCUT2D eigenvalue weighted by Gasteiger charge is 2.31. The molecule has 216 valence electrons. The number of fused-ring (bicyclic) bond motifs is 2. The molecule has 0 bridgehead atoms. The lowest BCUT2D eigenvalue weighted by Crippen LogP contribution is -2.40. The Balaban J connectivity index is 1.14. The molecule has 1 unspecified atom stereocenters. The molecule has 4 heterocycles. The summed E-state index contributed by atoms with van der Waals surface area (Å²) in [6.45, 7) is 3.95. The number of para-hydroxylation sites is 2. The van der Waals surface area contributed by atoms with Crippen molar-refractivity contribution in [2.24, 2.45) is 0 Å². The number of likely N-dealkylation sites (tertiary alicyclic amines) is 1. The van der Waals surface area contributed by atoms with Crippen LogP contribution < -0.4 is 0 Å². The van der Waals surface area contributed by atoms with Crippen LogP contribution in [0.2, 0.25) is 0 Å². The molecule has 1 atom stereocenters. The van der Waals surface area contributed by atoms with E-state index in [1.165, 1.54) is 12.1 Å². The van der Waals surface area contributed by atoms with Crippen molar-refractivity contribution in [1.82, 2.24) is 29.5 Å². The molecule has 0 spiro atoms. The van der Waals surface area contributed by atoms with Crippen molar-refractivity contribution in [3.63, 3.8) is 0 Å². The standard InChI is InChI=1S/C30H33F3N6O2/c31-30(32,33)22-7-5-20(6-8-22)28-24-19-38(15-16-40)14-11-27(24)39(36-28)18-23(41)17-37-12-9-21(10-13-37)29-34-25-3-1-2-4-26(25)35-29/h1-8,16,21,23,41H,9-15,17-19H2,(H,34,35). The number of rotatable bonds is 8. The Kier molecular flexibility index (Phi) is 7.67. The first-order valence-corrected chi connectivity index (χ1v) is 14.1. The lowest BCUT2D eigenvalue weighted by atomic mass is 9.96. The summed E-state index contributed by atoms with van der Waals surface area (Å²) in [6.07, 6.45) is -1.66. The Morgan fingerprint density at radius 2 is 1.78 bits per heavy atom. The number of benzene rings is 2. The minimum Gasteiger partial charge on any atom is -0.390 e. The topological polar surface area (TPSA) is 90.3 Å². The summed E-state index contributed by atoms with van der Waals surface area (Å²) in [5.41, 5.74) is 4.37. The van der Waals surface area contributed by atoms with Gasteiger partial charge in [0.05, 0.1) is 41.5 Å². The summed E-state index contributed by atoms with van der Waals surface area (Å²) >= 11 is 0. The van der Waals surface area contributed by atoms with Crippen molar-refractivity contribution in [1.29, 1.82) is 0 Å². The molecule has 6 rings (SSSR count). The van der Waals surface area contributed by atoms with E-state index >= 15 is 0 Å². The van der Waals surface area contributed by atoms with Gasteiger partial charge in [0.1, 0.15) is 12.1 Å². The maximum atomic E-state index is 13.1. The molecule has 1 saturated heterocycles. The first kappa shape index (κ1) is 27.6. The molecule has 2 N–H and O–H groups in total. The van der Waals surface area contributed by atoms with Gasteiger partial charge in [-0.3, -0.25) is 9.58 Å². The summed E-state index contributed by atoms with van der Waals surface area (Å²) in [5, 5.41) is 15.9. The van der Waals surface area contributed by atoms with E-state index in [-0.39, 0.29) is 6.54 Å². The van der Waals surface area contributed by atoms with Crippen molar-refractivity contribution < 1.29 is 23.1 Å². The molecule has 0 radical (unpaired) electrons. The first-order valence-electron chi connectivity index (χ1n) is 14.1. The molecule has 2 aromatic heterocycles. The number of carbonyl (C=O) groups excluding carboxylic acids is 1. The van der Waals surface area contributed by atoms with Crippen LogP contribution in [0.25, 0.3) is 22.3 Å². The quantitative estimate of drug-likeness (QED) is 0.310. The van der Waals surface area contributed by atoms with E-state index in [0.717, 1.165) is 72.5 Å². The summed E-state index contributed by atoms with van der Waals surface area (Å²) in [4.78, 5) is 23.6. The summed E-state index contributed by atoms with van der Waals surface area (Å²) < 4.78 is 41.2. The normalized spacial score (nSPS) is 18.0. The Hall–Kier alpha value is -3.54. The van der Waals surface area contributed by atoms with Gasteiger partial charge in [0.15, 0.2) is 0 Å². The van der Waals surface area contributed by atoms with E-state index in [4.69, 9.17) is 10.1 Å². The lowest BCUT2D eigenvalue weighted by Gasteiger charge is -2.32. The third-order valence-electron chi connectivity index (χ3n) is 8.27. The van der Waals surface area contributed by atoms with E-state index < -0.39 is 17.8 Å². The molecule has 41 heavy (non-hydrogen) atoms. The number of alkyl halides is 3. The fraction of sp³-hybridized carbons (Fsp3) is 0.433. The maximum absolute atomic E-state index is 13.1. The van der Waals surface area contributed by atoms with Gasteiger partial charge >= 0.3 is 6.18 Å². The number of imidazole rings is 1. The molecule has 1 fully saturated rings. The number of halogens is 3. The minimum absolute atomic E-state index is 0.281. The van der Waals surface area contributed by atoms with E-state index in [1.807, 2.05) is 33.8 Å². The van der Waals surface area contributed by atoms with Gasteiger partial charge < -0.3 is 19.8 Å². The fourth-order valence-electron chi connectivity index (χ4n) is 6.12. The second-order valence-electron chi connectivity index (χ2n) is 11.1. The largest absolute Gasteiger partial charge is 0.416 e. The molecular formula is C30H33F3N6O2. The molecule has 2 aromatic carbocycles. The molecular weight excluding hydrogens is 533 g/mol. The summed E-state index contributed by atoms with van der Waals surface area (Å²) in [7, 11) is 0. The Bertz CT molecular complexity index is 1470. The van der Waals surface area contributed by atoms with Crippen LogP contribution in [0.1, 0.15) is 41.4 Å². The second kappa shape index (κ2) is 11.4. The van der Waals surface area contributed by atoms with Gasteiger partial charge in [0.2, 0.25) is 0 Å². The van der Waals surface area contributed by atoms with Crippen molar-refractivity contribution in [2.45, 2.75) is 50.6 Å². The number of H-pyrrole nitrogens is 1. The minimum atomic E-state index is -4.41. The number of carbonyl (C=O) groups is 1. The predicted octanol–water partition coefficient (Wildman–Crippen LogP) is 4.24. The Labute approximate surface area is 235 Å². The summed E-state index contributed by atoms with van der Waals surface area (Å²) in [6, 6.07) is 13.0. The van der Waals surface area contributed by atoms with Gasteiger partial charge in [0.25, 0.3) is 0 Å². The van der Waals surface area contributed by atoms with Crippen LogP contribution in [0.15, 0.2) is 48.5 Å². The number of aldehydes is 1. The highest BCUT2D eigenvalue weighted by Crippen LogP contribution is 2.34. The number of aliphatic hydroxyl groups is 1. The number of piperidine rings is 1. The van der Waals surface area contributed by atoms with Gasteiger partial charge in [-0.1, -0.05) is 24.3 Å². The average Bonchev–Trinajstić information content (AvgIpc) is 3.55. The monoisotopic (exact) mass is 566 g/mol. The third-order valence-corrected chi connectivity index (χ3v) is 8.27. The van der Waals surface area contributed by atoms with Crippen LogP contribution in [-0.4, -0.2) is 79.8 Å². The number of aliphatic hydroxyl groups excluding tert-OH is 1.